The van der Waals surface area contributed by atoms with Gasteiger partial charge in [0.25, 0.3) is 0 Å². The maximum absolute atomic E-state index is 12.2. The van der Waals surface area contributed by atoms with Crippen LogP contribution in [0.25, 0.3) is 0 Å². The van der Waals surface area contributed by atoms with Crippen molar-refractivity contribution < 1.29 is 9.53 Å². The van der Waals surface area contributed by atoms with Gasteiger partial charge in [0, 0.05) is 31.0 Å². The lowest BCUT2D eigenvalue weighted by Gasteiger charge is -2.31. The van der Waals surface area contributed by atoms with E-state index in [1.54, 1.807) is 13.3 Å². The zero-order valence-electron chi connectivity index (χ0n) is 17.5. The number of hydrogen-bond donors (Lipinski definition) is 2. The molecule has 1 amide bonds. The van der Waals surface area contributed by atoms with Crippen molar-refractivity contribution in [3.63, 3.8) is 0 Å². The molecule has 0 unspecified atom stereocenters. The summed E-state index contributed by atoms with van der Waals surface area (Å²) in [6.07, 6.45) is 3.78. The van der Waals surface area contributed by atoms with Crippen LogP contribution in [0.1, 0.15) is 36.9 Å². The smallest absolute Gasteiger partial charge is 0.234 e. The van der Waals surface area contributed by atoms with Crippen molar-refractivity contribution in [2.24, 2.45) is 0 Å². The van der Waals surface area contributed by atoms with Gasteiger partial charge >= 0.3 is 0 Å². The second kappa shape index (κ2) is 10.3. The van der Waals surface area contributed by atoms with Crippen molar-refractivity contribution in [2.75, 3.05) is 38.7 Å². The number of hydrogen-bond acceptors (Lipinski definition) is 6. The third-order valence-corrected chi connectivity index (χ3v) is 5.22. The zero-order valence-corrected chi connectivity index (χ0v) is 17.5. The minimum atomic E-state index is 0.0345. The van der Waals surface area contributed by atoms with Gasteiger partial charge in [-0.1, -0.05) is 12.1 Å². The van der Waals surface area contributed by atoms with Crippen LogP contribution >= 0.6 is 0 Å². The molecule has 0 bridgehead atoms. The minimum Gasteiger partial charge on any atom is -0.383 e. The van der Waals surface area contributed by atoms with Crippen LogP contribution in [-0.2, 0) is 9.53 Å². The number of ether oxygens (including phenoxy) is 1. The van der Waals surface area contributed by atoms with E-state index in [9.17, 15) is 4.79 Å². The van der Waals surface area contributed by atoms with Crippen LogP contribution in [0.5, 0.6) is 0 Å². The monoisotopic (exact) mass is 397 g/mol. The number of carbonyl (C=O) groups is 1. The number of methoxy groups -OCH3 is 1. The molecule has 2 N–H and O–H groups in total. The summed E-state index contributed by atoms with van der Waals surface area (Å²) in [5.41, 5.74) is 2.19. The number of pyridine rings is 2. The molecule has 1 aliphatic heterocycles. The Kier molecular flexibility index (Phi) is 7.55. The van der Waals surface area contributed by atoms with Crippen LogP contribution in [0, 0.1) is 6.92 Å². The number of carbonyl (C=O) groups excluding carboxylic acids is 1. The number of aromatic nitrogens is 2. The molecule has 156 valence electrons. The molecule has 1 fully saturated rings. The summed E-state index contributed by atoms with van der Waals surface area (Å²) >= 11 is 0. The average molecular weight is 398 g/mol. The summed E-state index contributed by atoms with van der Waals surface area (Å²) in [4.78, 5) is 23.6. The number of aryl methyl sites for hydroxylation is 1. The van der Waals surface area contributed by atoms with E-state index in [0.29, 0.717) is 19.1 Å². The highest BCUT2D eigenvalue weighted by atomic mass is 16.5. The Labute approximate surface area is 172 Å². The molecular weight excluding hydrogens is 366 g/mol. The van der Waals surface area contributed by atoms with Gasteiger partial charge < -0.3 is 15.4 Å². The lowest BCUT2D eigenvalue weighted by atomic mass is 9.93. The number of amides is 1. The molecule has 1 saturated heterocycles. The number of nitrogens with one attached hydrogen (secondary N) is 2. The Morgan fingerprint density at radius 2 is 2.07 bits per heavy atom. The van der Waals surface area contributed by atoms with Crippen LogP contribution in [0.2, 0.25) is 0 Å². The van der Waals surface area contributed by atoms with Gasteiger partial charge in [0.2, 0.25) is 5.91 Å². The van der Waals surface area contributed by atoms with Crippen molar-refractivity contribution in [1.29, 1.82) is 0 Å². The number of nitrogens with zero attached hydrogens (tertiary/aromatic N) is 3. The molecule has 1 aliphatic rings. The topological polar surface area (TPSA) is 79.4 Å². The van der Waals surface area contributed by atoms with Crippen molar-refractivity contribution in [1.82, 2.24) is 20.2 Å². The highest BCUT2D eigenvalue weighted by molar-refractivity contribution is 5.78. The fourth-order valence-corrected chi connectivity index (χ4v) is 3.69. The summed E-state index contributed by atoms with van der Waals surface area (Å²) in [5.74, 6) is 2.12. The number of anilines is 2. The fraction of sp³-hybridized carbons (Fsp3) is 0.500. The summed E-state index contributed by atoms with van der Waals surface area (Å²) in [6, 6.07) is 10.1. The Morgan fingerprint density at radius 1 is 1.28 bits per heavy atom. The Bertz CT molecular complexity index is 805. The highest BCUT2D eigenvalue weighted by Crippen LogP contribution is 2.28. The van der Waals surface area contributed by atoms with Crippen LogP contribution in [-0.4, -0.2) is 60.2 Å². The first-order valence-corrected chi connectivity index (χ1v) is 10.2. The van der Waals surface area contributed by atoms with Crippen molar-refractivity contribution in [3.8, 4) is 0 Å². The van der Waals surface area contributed by atoms with E-state index in [-0.39, 0.29) is 11.9 Å². The fourth-order valence-electron chi connectivity index (χ4n) is 3.69. The SMILES string of the molecule is COC[C@@H](C)NC(=O)CN1CCC(c2cccc(Nc3ncccc3C)n2)CC1. The number of likely N-dealkylation sites (tertiary alicyclic amines) is 1. The molecule has 0 spiro atoms. The number of piperidine rings is 1. The van der Waals surface area contributed by atoms with E-state index >= 15 is 0 Å². The van der Waals surface area contributed by atoms with E-state index in [2.05, 4.69) is 26.6 Å². The average Bonchev–Trinajstić information content (AvgIpc) is 2.70. The lowest BCUT2D eigenvalue weighted by Crippen LogP contribution is -2.44. The Hall–Kier alpha value is -2.51. The first-order valence-electron chi connectivity index (χ1n) is 10.2. The zero-order chi connectivity index (χ0) is 20.6. The largest absolute Gasteiger partial charge is 0.383 e. The van der Waals surface area contributed by atoms with Gasteiger partial charge in [-0.15, -0.1) is 0 Å². The van der Waals surface area contributed by atoms with Crippen LogP contribution in [0.15, 0.2) is 36.5 Å². The second-order valence-electron chi connectivity index (χ2n) is 7.72. The molecule has 3 heterocycles. The molecular formula is C22H31N5O2. The van der Waals surface area contributed by atoms with E-state index < -0.39 is 0 Å². The standard InChI is InChI=1S/C22H31N5O2/c1-16-6-5-11-23-22(16)26-20-8-4-7-19(25-20)18-9-12-27(13-10-18)14-21(28)24-17(2)15-29-3/h4-8,11,17-18H,9-10,12-15H2,1-3H3,(H,24,28)(H,23,25,26)/t17-/m1/s1. The predicted molar refractivity (Wildman–Crippen MR) is 114 cm³/mol. The molecule has 29 heavy (non-hydrogen) atoms. The van der Waals surface area contributed by atoms with Gasteiger partial charge in [-0.3, -0.25) is 9.69 Å². The van der Waals surface area contributed by atoms with Crippen molar-refractivity contribution in [2.45, 2.75) is 38.6 Å². The second-order valence-corrected chi connectivity index (χ2v) is 7.72. The van der Waals surface area contributed by atoms with Crippen LogP contribution < -0.4 is 10.6 Å². The van der Waals surface area contributed by atoms with Gasteiger partial charge in [-0.25, -0.2) is 9.97 Å². The molecule has 0 radical (unpaired) electrons. The third-order valence-electron chi connectivity index (χ3n) is 5.22. The summed E-state index contributed by atoms with van der Waals surface area (Å²) in [7, 11) is 1.64. The van der Waals surface area contributed by atoms with E-state index in [1.807, 2.05) is 38.1 Å². The quantitative estimate of drug-likeness (QED) is 0.713. The Morgan fingerprint density at radius 3 is 2.79 bits per heavy atom. The van der Waals surface area contributed by atoms with Gasteiger partial charge in [0.05, 0.1) is 13.2 Å². The molecule has 2 aromatic heterocycles. The highest BCUT2D eigenvalue weighted by Gasteiger charge is 2.23. The molecule has 7 heteroatoms. The maximum atomic E-state index is 12.2. The summed E-state index contributed by atoms with van der Waals surface area (Å²) in [6.45, 7) is 6.75. The minimum absolute atomic E-state index is 0.0345. The van der Waals surface area contributed by atoms with Gasteiger partial charge in [-0.2, -0.15) is 0 Å². The summed E-state index contributed by atoms with van der Waals surface area (Å²) < 4.78 is 5.07. The van der Waals surface area contributed by atoms with Crippen molar-refractivity contribution >= 4 is 17.5 Å². The molecule has 1 atom stereocenters. The first-order chi connectivity index (χ1) is 14.0. The van der Waals surface area contributed by atoms with Crippen molar-refractivity contribution in [3.05, 3.63) is 47.8 Å². The normalized spacial score (nSPS) is 16.4. The van der Waals surface area contributed by atoms with Gasteiger partial charge in [0.1, 0.15) is 11.6 Å². The molecule has 0 saturated carbocycles. The number of rotatable bonds is 8. The molecule has 7 nitrogen and oxygen atoms in total. The predicted octanol–water partition coefficient (Wildman–Crippen LogP) is 2.86. The van der Waals surface area contributed by atoms with E-state index in [1.165, 1.54) is 0 Å². The summed E-state index contributed by atoms with van der Waals surface area (Å²) in [5, 5.41) is 6.29. The van der Waals surface area contributed by atoms with E-state index in [4.69, 9.17) is 9.72 Å². The molecule has 0 aromatic carbocycles. The van der Waals surface area contributed by atoms with Gasteiger partial charge in [0.15, 0.2) is 0 Å². The van der Waals surface area contributed by atoms with E-state index in [0.717, 1.165) is 48.8 Å². The molecule has 0 aliphatic carbocycles. The first kappa shape index (κ1) is 21.2. The molecule has 2 aromatic rings. The third kappa shape index (κ3) is 6.24. The van der Waals surface area contributed by atoms with Crippen LogP contribution in [0.4, 0.5) is 11.6 Å². The van der Waals surface area contributed by atoms with Gasteiger partial charge in [-0.05, 0) is 63.5 Å². The molecule has 3 rings (SSSR count). The van der Waals surface area contributed by atoms with Crippen LogP contribution in [0.3, 0.4) is 0 Å². The lowest BCUT2D eigenvalue weighted by molar-refractivity contribution is -0.123. The maximum Gasteiger partial charge on any atom is 0.234 e. The Balaban J connectivity index is 1.52.